The summed E-state index contributed by atoms with van der Waals surface area (Å²) in [7, 11) is 3.86. The summed E-state index contributed by atoms with van der Waals surface area (Å²) in [5.41, 5.74) is 5.70. The van der Waals surface area contributed by atoms with Crippen molar-refractivity contribution in [2.45, 2.75) is 0 Å². The number of halogens is 1. The number of hydrazone groups is 1. The standard InChI is InChI=1S/C31H27ClN6O3/c1-38(2)25-15-12-21(13-16-25)18-28(34-30(40)22-8-4-3-5-9-22)31(41)37-33-20-23-19-24(14-17-29(23)39)35-36-27-11-7-6-10-26(27)32/h3-20,39H,1-2H3,(H,34,40)(H,37,41). The number of anilines is 1. The highest BCUT2D eigenvalue weighted by molar-refractivity contribution is 6.32. The van der Waals surface area contributed by atoms with Crippen molar-refractivity contribution in [1.82, 2.24) is 10.7 Å². The van der Waals surface area contributed by atoms with Gasteiger partial charge in [-0.25, -0.2) is 5.43 Å². The van der Waals surface area contributed by atoms with Gasteiger partial charge in [-0.15, -0.1) is 5.11 Å². The number of benzene rings is 4. The van der Waals surface area contributed by atoms with Crippen LogP contribution < -0.4 is 15.6 Å². The number of amides is 2. The highest BCUT2D eigenvalue weighted by Gasteiger charge is 2.14. The van der Waals surface area contributed by atoms with Crippen LogP contribution in [0.5, 0.6) is 5.75 Å². The Bertz CT molecular complexity index is 1620. The summed E-state index contributed by atoms with van der Waals surface area (Å²) in [6, 6.07) is 27.6. The van der Waals surface area contributed by atoms with E-state index in [9.17, 15) is 14.7 Å². The molecule has 0 saturated carbocycles. The van der Waals surface area contributed by atoms with Crippen LogP contribution in [0.4, 0.5) is 17.1 Å². The molecule has 0 unspecified atom stereocenters. The smallest absolute Gasteiger partial charge is 0.287 e. The largest absolute Gasteiger partial charge is 0.507 e. The molecular weight excluding hydrogens is 540 g/mol. The van der Waals surface area contributed by atoms with Crippen LogP contribution in [-0.2, 0) is 4.79 Å². The van der Waals surface area contributed by atoms with Crippen molar-refractivity contribution in [2.75, 3.05) is 19.0 Å². The van der Waals surface area contributed by atoms with Crippen LogP contribution in [-0.4, -0.2) is 37.2 Å². The van der Waals surface area contributed by atoms with Crippen LogP contribution in [0.3, 0.4) is 0 Å². The third-order valence-electron chi connectivity index (χ3n) is 5.76. The van der Waals surface area contributed by atoms with Crippen molar-refractivity contribution in [2.24, 2.45) is 15.3 Å². The number of phenolic OH excluding ortho intramolecular Hbond substituents is 1. The molecule has 4 rings (SSSR count). The molecule has 4 aromatic rings. The van der Waals surface area contributed by atoms with Crippen molar-refractivity contribution in [3.63, 3.8) is 0 Å². The topological polar surface area (TPSA) is 119 Å². The van der Waals surface area contributed by atoms with E-state index in [0.717, 1.165) is 5.69 Å². The quantitative estimate of drug-likeness (QED) is 0.0933. The number of hydrogen-bond donors (Lipinski definition) is 3. The third kappa shape index (κ3) is 8.11. The Morgan fingerprint density at radius 1 is 0.878 bits per heavy atom. The first kappa shape index (κ1) is 28.7. The fourth-order valence-electron chi connectivity index (χ4n) is 3.55. The van der Waals surface area contributed by atoms with E-state index in [1.54, 1.807) is 72.8 Å². The minimum atomic E-state index is -0.656. The molecule has 0 fully saturated rings. The van der Waals surface area contributed by atoms with E-state index in [0.29, 0.717) is 33.1 Å². The van der Waals surface area contributed by atoms with Crippen molar-refractivity contribution in [3.8, 4) is 5.75 Å². The summed E-state index contributed by atoms with van der Waals surface area (Å²) in [4.78, 5) is 27.9. The summed E-state index contributed by atoms with van der Waals surface area (Å²) in [5.74, 6) is -1.18. The molecule has 3 N–H and O–H groups in total. The van der Waals surface area contributed by atoms with Crippen LogP contribution in [0.1, 0.15) is 21.5 Å². The molecule has 9 nitrogen and oxygen atoms in total. The first-order valence-corrected chi connectivity index (χ1v) is 12.9. The molecule has 0 spiro atoms. The van der Waals surface area contributed by atoms with Crippen LogP contribution >= 0.6 is 11.6 Å². The van der Waals surface area contributed by atoms with E-state index in [2.05, 4.69) is 26.1 Å². The molecule has 2 amide bonds. The predicted octanol–water partition coefficient (Wildman–Crippen LogP) is 6.45. The zero-order valence-electron chi connectivity index (χ0n) is 22.3. The lowest BCUT2D eigenvalue weighted by Gasteiger charge is -2.12. The van der Waals surface area contributed by atoms with E-state index in [4.69, 9.17) is 11.6 Å². The van der Waals surface area contributed by atoms with Gasteiger partial charge in [0.1, 0.15) is 17.1 Å². The first-order valence-electron chi connectivity index (χ1n) is 12.5. The SMILES string of the molecule is CN(C)c1ccc(C=C(NC(=O)c2ccccc2)C(=O)NN=Cc2cc(N=Nc3ccccc3Cl)ccc2O)cc1. The molecule has 0 aromatic heterocycles. The average Bonchev–Trinajstić information content (AvgIpc) is 2.98. The molecular formula is C31H27ClN6O3. The Morgan fingerprint density at radius 2 is 1.59 bits per heavy atom. The Hall–Kier alpha value is -5.28. The summed E-state index contributed by atoms with van der Waals surface area (Å²) in [6.07, 6.45) is 2.82. The normalized spacial score (nSPS) is 11.5. The van der Waals surface area contributed by atoms with Crippen molar-refractivity contribution in [3.05, 3.63) is 124 Å². The molecule has 41 heavy (non-hydrogen) atoms. The van der Waals surface area contributed by atoms with E-state index in [1.165, 1.54) is 12.3 Å². The number of carbonyl (C=O) groups excluding carboxylic acids is 2. The van der Waals surface area contributed by atoms with E-state index in [1.807, 2.05) is 43.3 Å². The number of nitrogens with zero attached hydrogens (tertiary/aromatic N) is 4. The minimum absolute atomic E-state index is 0.0138. The van der Waals surface area contributed by atoms with Gasteiger partial charge in [-0.2, -0.15) is 10.2 Å². The Balaban J connectivity index is 1.52. The maximum atomic E-state index is 13.1. The zero-order chi connectivity index (χ0) is 29.2. The summed E-state index contributed by atoms with van der Waals surface area (Å²) < 4.78 is 0. The number of hydrogen-bond acceptors (Lipinski definition) is 7. The molecule has 10 heteroatoms. The van der Waals surface area contributed by atoms with Crippen LogP contribution in [0, 0.1) is 0 Å². The van der Waals surface area contributed by atoms with Gasteiger partial charge in [0.15, 0.2) is 0 Å². The van der Waals surface area contributed by atoms with Crippen LogP contribution in [0.15, 0.2) is 118 Å². The van der Waals surface area contributed by atoms with E-state index >= 15 is 0 Å². The predicted molar refractivity (Wildman–Crippen MR) is 162 cm³/mol. The molecule has 0 aliphatic rings. The van der Waals surface area contributed by atoms with Gasteiger partial charge in [0.2, 0.25) is 0 Å². The monoisotopic (exact) mass is 566 g/mol. The van der Waals surface area contributed by atoms with Crippen molar-refractivity contribution >= 4 is 52.8 Å². The molecule has 0 atom stereocenters. The van der Waals surface area contributed by atoms with Gasteiger partial charge in [0.25, 0.3) is 11.8 Å². The number of nitrogens with one attached hydrogen (secondary N) is 2. The van der Waals surface area contributed by atoms with Gasteiger partial charge in [-0.05, 0) is 66.2 Å². The number of azo groups is 1. The molecule has 0 bridgehead atoms. The van der Waals surface area contributed by atoms with Gasteiger partial charge in [0.05, 0.1) is 16.9 Å². The molecule has 0 aliphatic heterocycles. The minimum Gasteiger partial charge on any atom is -0.507 e. The van der Waals surface area contributed by atoms with Gasteiger partial charge < -0.3 is 15.3 Å². The number of rotatable bonds is 9. The van der Waals surface area contributed by atoms with E-state index in [-0.39, 0.29) is 11.4 Å². The Kier molecular flexibility index (Phi) is 9.58. The van der Waals surface area contributed by atoms with Crippen LogP contribution in [0.2, 0.25) is 5.02 Å². The molecule has 4 aromatic carbocycles. The average molecular weight is 567 g/mol. The lowest BCUT2D eigenvalue weighted by molar-refractivity contribution is -0.117. The number of aromatic hydroxyl groups is 1. The molecule has 0 saturated heterocycles. The zero-order valence-corrected chi connectivity index (χ0v) is 23.1. The molecule has 0 heterocycles. The molecule has 206 valence electrons. The Morgan fingerprint density at radius 3 is 2.29 bits per heavy atom. The van der Waals surface area contributed by atoms with Crippen LogP contribution in [0.25, 0.3) is 6.08 Å². The van der Waals surface area contributed by atoms with Gasteiger partial charge in [-0.3, -0.25) is 9.59 Å². The summed E-state index contributed by atoms with van der Waals surface area (Å²) >= 11 is 6.12. The van der Waals surface area contributed by atoms with E-state index < -0.39 is 11.8 Å². The van der Waals surface area contributed by atoms with Crippen molar-refractivity contribution in [1.29, 1.82) is 0 Å². The second-order valence-electron chi connectivity index (χ2n) is 8.96. The van der Waals surface area contributed by atoms with Gasteiger partial charge >= 0.3 is 0 Å². The maximum Gasteiger partial charge on any atom is 0.287 e. The lowest BCUT2D eigenvalue weighted by atomic mass is 10.1. The summed E-state index contributed by atoms with van der Waals surface area (Å²) in [5, 5.41) is 25.7. The van der Waals surface area contributed by atoms with Gasteiger partial charge in [-0.1, -0.05) is 54.1 Å². The Labute approximate surface area is 242 Å². The maximum absolute atomic E-state index is 13.1. The molecule has 0 radical (unpaired) electrons. The fraction of sp³-hybridized carbons (Fsp3) is 0.0645. The fourth-order valence-corrected chi connectivity index (χ4v) is 3.72. The van der Waals surface area contributed by atoms with Gasteiger partial charge in [0, 0.05) is 30.9 Å². The highest BCUT2D eigenvalue weighted by atomic mass is 35.5. The summed E-state index contributed by atoms with van der Waals surface area (Å²) in [6.45, 7) is 0. The number of phenols is 1. The highest BCUT2D eigenvalue weighted by Crippen LogP contribution is 2.28. The lowest BCUT2D eigenvalue weighted by Crippen LogP contribution is -2.32. The van der Waals surface area contributed by atoms with Crippen molar-refractivity contribution < 1.29 is 14.7 Å². The molecule has 0 aliphatic carbocycles. The third-order valence-corrected chi connectivity index (χ3v) is 6.08. The number of carbonyl (C=O) groups is 2. The second kappa shape index (κ2) is 13.7. The second-order valence-corrected chi connectivity index (χ2v) is 9.36. The first-order chi connectivity index (χ1) is 19.8.